The minimum atomic E-state index is -0.856. The Morgan fingerprint density at radius 3 is 2.38 bits per heavy atom. The molecule has 1 fully saturated rings. The maximum Gasteiger partial charge on any atom is 0.347 e. The first-order chi connectivity index (χ1) is 10.0. The lowest BCUT2D eigenvalue weighted by Gasteiger charge is -2.40. The molecule has 0 radical (unpaired) electrons. The molecule has 0 bridgehead atoms. The summed E-state index contributed by atoms with van der Waals surface area (Å²) in [6.07, 6.45) is 3.29. The van der Waals surface area contributed by atoms with Crippen LogP contribution in [0.1, 0.15) is 65.0 Å². The molecular formula is C17H19NO2S. The van der Waals surface area contributed by atoms with Gasteiger partial charge in [-0.1, -0.05) is 50.6 Å². The predicted molar refractivity (Wildman–Crippen MR) is 84.2 cm³/mol. The lowest BCUT2D eigenvalue weighted by Crippen LogP contribution is -2.35. The third-order valence-electron chi connectivity index (χ3n) is 4.34. The van der Waals surface area contributed by atoms with Gasteiger partial charge in [-0.3, -0.25) is 0 Å². The van der Waals surface area contributed by atoms with E-state index < -0.39 is 5.97 Å². The molecule has 1 aromatic carbocycles. The number of carboxylic acid groups (broad SMARTS) is 1. The molecule has 1 aliphatic carbocycles. The van der Waals surface area contributed by atoms with Crippen LogP contribution in [0.15, 0.2) is 30.3 Å². The lowest BCUT2D eigenvalue weighted by atomic mass is 9.65. The van der Waals surface area contributed by atoms with Crippen molar-refractivity contribution in [1.29, 1.82) is 0 Å². The van der Waals surface area contributed by atoms with Gasteiger partial charge >= 0.3 is 5.97 Å². The number of rotatable bonds is 4. The van der Waals surface area contributed by atoms with Crippen LogP contribution < -0.4 is 0 Å². The van der Waals surface area contributed by atoms with Gasteiger partial charge in [-0.2, -0.15) is 0 Å². The monoisotopic (exact) mass is 301 g/mol. The summed E-state index contributed by atoms with van der Waals surface area (Å²) in [5, 5.41) is 10.4. The largest absolute Gasteiger partial charge is 0.477 e. The fourth-order valence-electron chi connectivity index (χ4n) is 2.99. The highest BCUT2D eigenvalue weighted by atomic mass is 32.1. The van der Waals surface area contributed by atoms with Crippen LogP contribution in [-0.4, -0.2) is 16.1 Å². The Kier molecular flexibility index (Phi) is 3.57. The van der Waals surface area contributed by atoms with E-state index in [9.17, 15) is 9.90 Å². The number of benzene rings is 1. The van der Waals surface area contributed by atoms with E-state index in [-0.39, 0.29) is 11.3 Å². The molecule has 0 amide bonds. The van der Waals surface area contributed by atoms with Crippen molar-refractivity contribution in [2.45, 2.75) is 44.4 Å². The Hall–Kier alpha value is -1.68. The Labute approximate surface area is 128 Å². The summed E-state index contributed by atoms with van der Waals surface area (Å²) in [6, 6.07) is 10.4. The fraction of sp³-hybridized carbons (Fsp3) is 0.412. The number of carbonyl (C=O) groups is 1. The van der Waals surface area contributed by atoms with E-state index in [0.29, 0.717) is 4.88 Å². The molecule has 1 aliphatic rings. The maximum absolute atomic E-state index is 11.5. The summed E-state index contributed by atoms with van der Waals surface area (Å²) in [7, 11) is 0. The van der Waals surface area contributed by atoms with Gasteiger partial charge in [0.05, 0.1) is 5.69 Å². The smallest absolute Gasteiger partial charge is 0.347 e. The summed E-state index contributed by atoms with van der Waals surface area (Å²) in [6.45, 7) is 4.00. The van der Waals surface area contributed by atoms with Gasteiger partial charge in [0.25, 0.3) is 0 Å². The Morgan fingerprint density at radius 1 is 1.29 bits per heavy atom. The van der Waals surface area contributed by atoms with Crippen molar-refractivity contribution < 1.29 is 9.90 Å². The summed E-state index contributed by atoms with van der Waals surface area (Å²) in [4.78, 5) is 16.6. The topological polar surface area (TPSA) is 50.2 Å². The molecule has 110 valence electrons. The molecule has 1 saturated carbocycles. The van der Waals surface area contributed by atoms with Crippen molar-refractivity contribution >= 4 is 17.3 Å². The minimum absolute atomic E-state index is 0.0662. The van der Waals surface area contributed by atoms with E-state index in [1.165, 1.54) is 23.3 Å². The van der Waals surface area contributed by atoms with Crippen molar-refractivity contribution in [3.05, 3.63) is 51.5 Å². The number of thiazole rings is 1. The van der Waals surface area contributed by atoms with Crippen molar-refractivity contribution in [3.63, 3.8) is 0 Å². The Bertz CT molecular complexity index is 657. The molecule has 1 aromatic heterocycles. The van der Waals surface area contributed by atoms with Gasteiger partial charge in [0, 0.05) is 5.41 Å². The zero-order chi connectivity index (χ0) is 15.0. The van der Waals surface area contributed by atoms with Gasteiger partial charge in [-0.05, 0) is 24.3 Å². The standard InChI is InChI=1S/C17H19NO2S/c1-11(2)13-14(15(19)20)21-16(18-13)17(9-6-10-17)12-7-4-3-5-8-12/h3-5,7-8,11H,6,9-10H2,1-2H3,(H,19,20). The first-order valence-electron chi connectivity index (χ1n) is 7.34. The highest BCUT2D eigenvalue weighted by molar-refractivity contribution is 7.14. The van der Waals surface area contributed by atoms with E-state index in [2.05, 4.69) is 12.1 Å². The normalized spacial score (nSPS) is 16.7. The number of aromatic nitrogens is 1. The highest BCUT2D eigenvalue weighted by Crippen LogP contribution is 2.50. The first kappa shape index (κ1) is 14.3. The summed E-state index contributed by atoms with van der Waals surface area (Å²) in [5.41, 5.74) is 1.92. The van der Waals surface area contributed by atoms with E-state index in [1.807, 2.05) is 32.0 Å². The van der Waals surface area contributed by atoms with Crippen LogP contribution in [0, 0.1) is 0 Å². The quantitative estimate of drug-likeness (QED) is 0.908. The molecule has 3 rings (SSSR count). The number of hydrogen-bond donors (Lipinski definition) is 1. The molecule has 21 heavy (non-hydrogen) atoms. The van der Waals surface area contributed by atoms with Crippen LogP contribution in [0.5, 0.6) is 0 Å². The third kappa shape index (κ3) is 2.27. The van der Waals surface area contributed by atoms with Crippen LogP contribution in [0.4, 0.5) is 0 Å². The minimum Gasteiger partial charge on any atom is -0.477 e. The molecular weight excluding hydrogens is 282 g/mol. The molecule has 0 atom stereocenters. The summed E-state index contributed by atoms with van der Waals surface area (Å²) >= 11 is 1.36. The van der Waals surface area contributed by atoms with Crippen molar-refractivity contribution in [1.82, 2.24) is 4.98 Å². The second kappa shape index (κ2) is 5.26. The average Bonchev–Trinajstić information content (AvgIpc) is 2.84. The maximum atomic E-state index is 11.5. The van der Waals surface area contributed by atoms with Gasteiger partial charge in [-0.25, -0.2) is 9.78 Å². The molecule has 0 unspecified atom stereocenters. The number of aromatic carboxylic acids is 1. The van der Waals surface area contributed by atoms with Crippen LogP contribution in [0.25, 0.3) is 0 Å². The Morgan fingerprint density at radius 2 is 1.95 bits per heavy atom. The molecule has 1 heterocycles. The van der Waals surface area contributed by atoms with Crippen LogP contribution in [0.3, 0.4) is 0 Å². The lowest BCUT2D eigenvalue weighted by molar-refractivity contribution is 0.0700. The van der Waals surface area contributed by atoms with Gasteiger partial charge in [0.2, 0.25) is 0 Å². The van der Waals surface area contributed by atoms with Crippen molar-refractivity contribution in [2.75, 3.05) is 0 Å². The average molecular weight is 301 g/mol. The van der Waals surface area contributed by atoms with E-state index in [4.69, 9.17) is 4.98 Å². The summed E-state index contributed by atoms with van der Waals surface area (Å²) < 4.78 is 0. The van der Waals surface area contributed by atoms with Gasteiger partial charge < -0.3 is 5.11 Å². The Balaban J connectivity index is 2.11. The van der Waals surface area contributed by atoms with Crippen LogP contribution >= 0.6 is 11.3 Å². The second-order valence-corrected chi connectivity index (χ2v) is 6.99. The van der Waals surface area contributed by atoms with Gasteiger partial charge in [-0.15, -0.1) is 11.3 Å². The number of hydrogen-bond acceptors (Lipinski definition) is 3. The second-order valence-electron chi connectivity index (χ2n) is 5.99. The van der Waals surface area contributed by atoms with Crippen molar-refractivity contribution in [3.8, 4) is 0 Å². The zero-order valence-electron chi connectivity index (χ0n) is 12.3. The number of nitrogens with zero attached hydrogens (tertiary/aromatic N) is 1. The van der Waals surface area contributed by atoms with Gasteiger partial charge in [0.1, 0.15) is 9.88 Å². The van der Waals surface area contributed by atoms with E-state index in [1.54, 1.807) is 0 Å². The highest BCUT2D eigenvalue weighted by Gasteiger charge is 2.43. The molecule has 4 heteroatoms. The SMILES string of the molecule is CC(C)c1nc(C2(c3ccccc3)CCC2)sc1C(=O)O. The third-order valence-corrected chi connectivity index (χ3v) is 5.60. The molecule has 0 saturated heterocycles. The first-order valence-corrected chi connectivity index (χ1v) is 8.16. The van der Waals surface area contributed by atoms with E-state index >= 15 is 0 Å². The molecule has 0 aliphatic heterocycles. The molecule has 3 nitrogen and oxygen atoms in total. The molecule has 1 N–H and O–H groups in total. The van der Waals surface area contributed by atoms with E-state index in [0.717, 1.165) is 23.5 Å². The predicted octanol–water partition coefficient (Wildman–Crippen LogP) is 4.43. The molecule has 0 spiro atoms. The van der Waals surface area contributed by atoms with Crippen molar-refractivity contribution in [2.24, 2.45) is 0 Å². The van der Waals surface area contributed by atoms with Crippen LogP contribution in [0.2, 0.25) is 0 Å². The number of carboxylic acids is 1. The summed E-state index contributed by atoms with van der Waals surface area (Å²) in [5.74, 6) is -0.723. The van der Waals surface area contributed by atoms with Crippen LogP contribution in [-0.2, 0) is 5.41 Å². The van der Waals surface area contributed by atoms with Gasteiger partial charge in [0.15, 0.2) is 0 Å². The molecule has 2 aromatic rings. The fourth-order valence-corrected chi connectivity index (χ4v) is 4.32. The zero-order valence-corrected chi connectivity index (χ0v) is 13.1.